The summed E-state index contributed by atoms with van der Waals surface area (Å²) in [5.74, 6) is -0.517. The van der Waals surface area contributed by atoms with Gasteiger partial charge in [-0.15, -0.1) is 0 Å². The number of pyridine rings is 1. The molecular weight excluding hydrogens is 240 g/mol. The van der Waals surface area contributed by atoms with Gasteiger partial charge in [-0.1, -0.05) is 23.2 Å². The number of halogens is 3. The van der Waals surface area contributed by atoms with Crippen LogP contribution in [0.3, 0.4) is 0 Å². The number of aliphatic hydroxyl groups is 1. The van der Waals surface area contributed by atoms with Crippen LogP contribution in [0.4, 0.5) is 4.39 Å². The zero-order chi connectivity index (χ0) is 11.0. The van der Waals surface area contributed by atoms with Crippen LogP contribution in [-0.4, -0.2) is 10.1 Å². The van der Waals surface area contributed by atoms with E-state index < -0.39 is 5.82 Å². The van der Waals surface area contributed by atoms with Crippen LogP contribution in [0.1, 0.15) is 5.56 Å². The molecule has 1 heterocycles. The third-order valence-corrected chi connectivity index (χ3v) is 2.67. The third-order valence-electron chi connectivity index (χ3n) is 2.05. The number of benzene rings is 1. The molecular formula is C10H6Cl2FNO. The van der Waals surface area contributed by atoms with E-state index in [-0.39, 0.29) is 16.8 Å². The number of aliphatic hydroxyl groups excluding tert-OH is 1. The summed E-state index contributed by atoms with van der Waals surface area (Å²) in [6.07, 6.45) is 0. The van der Waals surface area contributed by atoms with Crippen LogP contribution in [0.25, 0.3) is 10.9 Å². The van der Waals surface area contributed by atoms with Crippen molar-refractivity contribution in [2.24, 2.45) is 0 Å². The molecule has 0 amide bonds. The average Bonchev–Trinajstić information content (AvgIpc) is 2.20. The molecule has 1 N–H and O–H groups in total. The molecule has 0 aliphatic carbocycles. The van der Waals surface area contributed by atoms with Crippen LogP contribution in [0.15, 0.2) is 18.2 Å². The number of hydrogen-bond donors (Lipinski definition) is 1. The topological polar surface area (TPSA) is 33.1 Å². The highest BCUT2D eigenvalue weighted by atomic mass is 35.5. The van der Waals surface area contributed by atoms with Crippen molar-refractivity contribution in [2.75, 3.05) is 0 Å². The lowest BCUT2D eigenvalue weighted by atomic mass is 10.1. The van der Waals surface area contributed by atoms with Crippen molar-refractivity contribution in [3.8, 4) is 0 Å². The maximum atomic E-state index is 13.1. The Morgan fingerprint density at radius 1 is 1.27 bits per heavy atom. The summed E-state index contributed by atoms with van der Waals surface area (Å²) in [5, 5.41) is 9.72. The van der Waals surface area contributed by atoms with Gasteiger partial charge in [0, 0.05) is 10.9 Å². The zero-order valence-corrected chi connectivity index (χ0v) is 8.98. The quantitative estimate of drug-likeness (QED) is 0.784. The average molecular weight is 246 g/mol. The van der Waals surface area contributed by atoms with E-state index in [4.69, 9.17) is 28.3 Å². The van der Waals surface area contributed by atoms with Crippen LogP contribution < -0.4 is 0 Å². The first-order valence-electron chi connectivity index (χ1n) is 4.17. The molecule has 0 fully saturated rings. The fourth-order valence-corrected chi connectivity index (χ4v) is 1.66. The molecule has 0 unspecified atom stereocenters. The van der Waals surface area contributed by atoms with Crippen molar-refractivity contribution in [1.29, 1.82) is 0 Å². The largest absolute Gasteiger partial charge is 0.392 e. The van der Waals surface area contributed by atoms with Gasteiger partial charge in [0.15, 0.2) is 0 Å². The van der Waals surface area contributed by atoms with E-state index in [1.54, 1.807) is 6.07 Å². The zero-order valence-electron chi connectivity index (χ0n) is 7.47. The van der Waals surface area contributed by atoms with Crippen molar-refractivity contribution in [3.05, 3.63) is 39.8 Å². The first-order chi connectivity index (χ1) is 7.11. The minimum Gasteiger partial charge on any atom is -0.392 e. The van der Waals surface area contributed by atoms with Gasteiger partial charge in [-0.3, -0.25) is 0 Å². The summed E-state index contributed by atoms with van der Waals surface area (Å²) in [6, 6.07) is 4.25. The van der Waals surface area contributed by atoms with Crippen molar-refractivity contribution >= 4 is 34.1 Å². The van der Waals surface area contributed by atoms with Crippen molar-refractivity contribution in [1.82, 2.24) is 4.98 Å². The lowest BCUT2D eigenvalue weighted by molar-refractivity contribution is 0.281. The maximum Gasteiger partial charge on any atom is 0.142 e. The van der Waals surface area contributed by atoms with Gasteiger partial charge in [-0.25, -0.2) is 9.37 Å². The summed E-state index contributed by atoms with van der Waals surface area (Å²) < 4.78 is 13.1. The fraction of sp³-hybridized carbons (Fsp3) is 0.100. The van der Waals surface area contributed by atoms with Crippen molar-refractivity contribution < 1.29 is 9.50 Å². The molecule has 1 aromatic carbocycles. The SMILES string of the molecule is OCc1cc2cc(F)c(Cl)cc2nc1Cl. The summed E-state index contributed by atoms with van der Waals surface area (Å²) in [5.41, 5.74) is 0.967. The van der Waals surface area contributed by atoms with Gasteiger partial charge in [-0.2, -0.15) is 0 Å². The molecule has 0 spiro atoms. The van der Waals surface area contributed by atoms with Gasteiger partial charge in [0.05, 0.1) is 17.1 Å². The highest BCUT2D eigenvalue weighted by Crippen LogP contribution is 2.25. The molecule has 0 atom stereocenters. The maximum absolute atomic E-state index is 13.1. The monoisotopic (exact) mass is 245 g/mol. The highest BCUT2D eigenvalue weighted by Gasteiger charge is 2.07. The van der Waals surface area contributed by atoms with Crippen molar-refractivity contribution in [3.63, 3.8) is 0 Å². The van der Waals surface area contributed by atoms with Gasteiger partial charge in [0.1, 0.15) is 11.0 Å². The van der Waals surface area contributed by atoms with Gasteiger partial charge in [0.2, 0.25) is 0 Å². The van der Waals surface area contributed by atoms with E-state index in [0.717, 1.165) is 0 Å². The Bertz CT molecular complexity index is 530. The standard InChI is InChI=1S/C10H6Cl2FNO/c11-7-3-9-5(2-8(7)13)1-6(4-15)10(12)14-9/h1-3,15H,4H2. The van der Waals surface area contributed by atoms with Crippen LogP contribution >= 0.6 is 23.2 Å². The molecule has 1 aromatic heterocycles. The minimum absolute atomic E-state index is 0.00261. The van der Waals surface area contributed by atoms with Gasteiger partial charge in [-0.05, 0) is 18.2 Å². The normalized spacial score (nSPS) is 10.9. The summed E-state index contributed by atoms with van der Waals surface area (Å²) in [4.78, 5) is 4.00. The number of nitrogens with zero attached hydrogens (tertiary/aromatic N) is 1. The minimum atomic E-state index is -0.517. The van der Waals surface area contributed by atoms with Gasteiger partial charge in [0.25, 0.3) is 0 Å². The van der Waals surface area contributed by atoms with E-state index in [0.29, 0.717) is 16.5 Å². The molecule has 2 rings (SSSR count). The highest BCUT2D eigenvalue weighted by molar-refractivity contribution is 6.32. The van der Waals surface area contributed by atoms with E-state index in [1.807, 2.05) is 0 Å². The van der Waals surface area contributed by atoms with Crippen molar-refractivity contribution in [2.45, 2.75) is 6.61 Å². The molecule has 78 valence electrons. The smallest absolute Gasteiger partial charge is 0.142 e. The Balaban J connectivity index is 2.76. The Labute approximate surface area is 95.3 Å². The van der Waals surface area contributed by atoms with E-state index in [1.165, 1.54) is 12.1 Å². The number of fused-ring (bicyclic) bond motifs is 1. The fourth-order valence-electron chi connectivity index (χ4n) is 1.30. The molecule has 0 aliphatic heterocycles. The second-order valence-electron chi connectivity index (χ2n) is 3.06. The second kappa shape index (κ2) is 3.93. The summed E-state index contributed by atoms with van der Waals surface area (Å²) in [6.45, 7) is -0.230. The molecule has 2 nitrogen and oxygen atoms in total. The lowest BCUT2D eigenvalue weighted by Gasteiger charge is -2.04. The molecule has 15 heavy (non-hydrogen) atoms. The first kappa shape index (κ1) is 10.6. The lowest BCUT2D eigenvalue weighted by Crippen LogP contribution is -1.91. The summed E-state index contributed by atoms with van der Waals surface area (Å²) in [7, 11) is 0. The Kier molecular flexibility index (Phi) is 2.78. The van der Waals surface area contributed by atoms with Gasteiger partial charge < -0.3 is 5.11 Å². The van der Waals surface area contributed by atoms with Crippen LogP contribution in [-0.2, 0) is 6.61 Å². The number of hydrogen-bond acceptors (Lipinski definition) is 2. The number of rotatable bonds is 1. The summed E-state index contributed by atoms with van der Waals surface area (Å²) >= 11 is 11.4. The van der Waals surface area contributed by atoms with Crippen LogP contribution in [0.5, 0.6) is 0 Å². The van der Waals surface area contributed by atoms with E-state index >= 15 is 0 Å². The van der Waals surface area contributed by atoms with Crippen LogP contribution in [0.2, 0.25) is 10.2 Å². The predicted molar refractivity (Wildman–Crippen MR) is 57.6 cm³/mol. The Morgan fingerprint density at radius 3 is 2.67 bits per heavy atom. The first-order valence-corrected chi connectivity index (χ1v) is 4.92. The second-order valence-corrected chi connectivity index (χ2v) is 3.82. The third kappa shape index (κ3) is 1.91. The molecule has 0 radical (unpaired) electrons. The Hall–Kier alpha value is -0.900. The predicted octanol–water partition coefficient (Wildman–Crippen LogP) is 3.17. The molecule has 5 heteroatoms. The molecule has 0 saturated carbocycles. The molecule has 0 saturated heterocycles. The molecule has 2 aromatic rings. The van der Waals surface area contributed by atoms with E-state index in [2.05, 4.69) is 4.98 Å². The number of aromatic nitrogens is 1. The Morgan fingerprint density at radius 2 is 2.00 bits per heavy atom. The molecule has 0 bridgehead atoms. The van der Waals surface area contributed by atoms with Crippen LogP contribution in [0, 0.1) is 5.82 Å². The molecule has 0 aliphatic rings. The van der Waals surface area contributed by atoms with E-state index in [9.17, 15) is 4.39 Å². The van der Waals surface area contributed by atoms with Gasteiger partial charge >= 0.3 is 0 Å².